The van der Waals surface area contributed by atoms with Crippen molar-refractivity contribution in [3.05, 3.63) is 48.0 Å². The molecule has 0 saturated carbocycles. The number of benzene rings is 1. The summed E-state index contributed by atoms with van der Waals surface area (Å²) in [5.74, 6) is 0.883. The number of Topliss-reactive ketones (excluding diaryl/α,β-unsaturated/α-hetero) is 1. The van der Waals surface area contributed by atoms with Gasteiger partial charge in [-0.1, -0.05) is 50.3 Å². The Morgan fingerprint density at radius 3 is 2.40 bits per heavy atom. The van der Waals surface area contributed by atoms with E-state index in [-0.39, 0.29) is 23.4 Å². The van der Waals surface area contributed by atoms with E-state index in [4.69, 9.17) is 0 Å². The second-order valence-corrected chi connectivity index (χ2v) is 5.55. The lowest BCUT2D eigenvalue weighted by atomic mass is 9.91. The van der Waals surface area contributed by atoms with Crippen molar-refractivity contribution in [3.8, 4) is 0 Å². The molecule has 1 aromatic carbocycles. The molecule has 0 saturated heterocycles. The van der Waals surface area contributed by atoms with Gasteiger partial charge in [0.2, 0.25) is 0 Å². The summed E-state index contributed by atoms with van der Waals surface area (Å²) in [6.45, 7) is 5.71. The quantitative estimate of drug-likeness (QED) is 0.670. The molecule has 0 bridgehead atoms. The van der Waals surface area contributed by atoms with Gasteiger partial charge in [0, 0.05) is 12.8 Å². The van der Waals surface area contributed by atoms with E-state index in [1.165, 1.54) is 5.56 Å². The van der Waals surface area contributed by atoms with Crippen molar-refractivity contribution in [2.45, 2.75) is 40.0 Å². The van der Waals surface area contributed by atoms with Gasteiger partial charge in [0.05, 0.1) is 0 Å². The summed E-state index contributed by atoms with van der Waals surface area (Å²) < 4.78 is 0. The molecule has 0 heterocycles. The molecule has 2 heteroatoms. The fourth-order valence-corrected chi connectivity index (χ4v) is 2.08. The summed E-state index contributed by atoms with van der Waals surface area (Å²) in [5, 5.41) is 0. The minimum absolute atomic E-state index is 0.149. The number of hydrogen-bond acceptors (Lipinski definition) is 2. The van der Waals surface area contributed by atoms with E-state index in [0.717, 1.165) is 6.42 Å². The third-order valence-electron chi connectivity index (χ3n) is 3.60. The minimum Gasteiger partial charge on any atom is -0.300 e. The van der Waals surface area contributed by atoms with Crippen LogP contribution in [-0.4, -0.2) is 11.6 Å². The van der Waals surface area contributed by atoms with Crippen LogP contribution in [0.5, 0.6) is 0 Å². The third-order valence-corrected chi connectivity index (χ3v) is 3.60. The van der Waals surface area contributed by atoms with Gasteiger partial charge in [-0.2, -0.15) is 0 Å². The predicted octanol–water partition coefficient (Wildman–Crippen LogP) is 4.00. The summed E-state index contributed by atoms with van der Waals surface area (Å²) in [5.41, 5.74) is 1.19. The molecule has 0 aliphatic heterocycles. The Bertz CT molecular complexity index is 460. The first-order chi connectivity index (χ1) is 9.49. The van der Waals surface area contributed by atoms with Crippen LogP contribution >= 0.6 is 0 Å². The average molecular weight is 272 g/mol. The lowest BCUT2D eigenvalue weighted by Crippen LogP contribution is -2.10. The molecular weight excluding hydrogens is 248 g/mol. The summed E-state index contributed by atoms with van der Waals surface area (Å²) >= 11 is 0. The molecule has 0 amide bonds. The first-order valence-corrected chi connectivity index (χ1v) is 7.23. The summed E-state index contributed by atoms with van der Waals surface area (Å²) in [6, 6.07) is 10.0. The largest absolute Gasteiger partial charge is 0.300 e. The number of carbonyl (C=O) groups is 2. The van der Waals surface area contributed by atoms with Gasteiger partial charge in [0.1, 0.15) is 5.78 Å². The van der Waals surface area contributed by atoms with Crippen molar-refractivity contribution < 1.29 is 9.59 Å². The van der Waals surface area contributed by atoms with Crippen LogP contribution in [0.3, 0.4) is 0 Å². The molecule has 0 fully saturated rings. The van der Waals surface area contributed by atoms with Gasteiger partial charge < -0.3 is 4.79 Å². The highest BCUT2D eigenvalue weighted by atomic mass is 16.1. The maximum Gasteiger partial charge on any atom is 0.155 e. The Hall–Kier alpha value is -1.70. The van der Waals surface area contributed by atoms with E-state index in [0.29, 0.717) is 12.8 Å². The van der Waals surface area contributed by atoms with Gasteiger partial charge in [-0.25, -0.2) is 0 Å². The van der Waals surface area contributed by atoms with Crippen molar-refractivity contribution in [2.24, 2.45) is 11.8 Å². The second-order valence-electron chi connectivity index (χ2n) is 5.55. The number of rotatable bonds is 8. The topological polar surface area (TPSA) is 34.1 Å². The summed E-state index contributed by atoms with van der Waals surface area (Å²) in [7, 11) is 0. The Labute approximate surface area is 121 Å². The van der Waals surface area contributed by atoms with Crippen LogP contribution in [0.4, 0.5) is 0 Å². The molecule has 1 rings (SSSR count). The van der Waals surface area contributed by atoms with Gasteiger partial charge >= 0.3 is 0 Å². The Morgan fingerprint density at radius 2 is 1.80 bits per heavy atom. The molecule has 0 N–H and O–H groups in total. The molecule has 0 aromatic heterocycles. The van der Waals surface area contributed by atoms with Crippen LogP contribution in [-0.2, 0) is 16.0 Å². The van der Waals surface area contributed by atoms with Gasteiger partial charge in [-0.3, -0.25) is 4.79 Å². The first-order valence-electron chi connectivity index (χ1n) is 7.23. The first kappa shape index (κ1) is 16.4. The van der Waals surface area contributed by atoms with Crippen LogP contribution in [0.2, 0.25) is 0 Å². The monoisotopic (exact) mass is 272 g/mol. The fraction of sp³-hybridized carbons (Fsp3) is 0.444. The van der Waals surface area contributed by atoms with Gasteiger partial charge in [0.25, 0.3) is 0 Å². The number of aryl methyl sites for hydroxylation is 1. The van der Waals surface area contributed by atoms with Crippen molar-refractivity contribution in [1.29, 1.82) is 0 Å². The molecule has 0 aliphatic rings. The lowest BCUT2D eigenvalue weighted by molar-refractivity contribution is -0.118. The van der Waals surface area contributed by atoms with Crippen molar-refractivity contribution in [2.75, 3.05) is 0 Å². The average Bonchev–Trinajstić information content (AvgIpc) is 2.42. The van der Waals surface area contributed by atoms with E-state index in [9.17, 15) is 9.59 Å². The maximum absolute atomic E-state index is 11.8. The zero-order valence-corrected chi connectivity index (χ0v) is 12.6. The van der Waals surface area contributed by atoms with E-state index in [2.05, 4.69) is 6.92 Å². The van der Waals surface area contributed by atoms with Gasteiger partial charge in [-0.05, 0) is 36.8 Å². The Morgan fingerprint density at radius 1 is 1.15 bits per heavy atom. The molecular formula is C18H24O2. The number of ketones is 2. The zero-order valence-electron chi connectivity index (χ0n) is 12.6. The normalized spacial score (nSPS) is 14.2. The molecule has 2 nitrogen and oxygen atoms in total. The Kier molecular flexibility index (Phi) is 6.92. The molecule has 2 atom stereocenters. The van der Waals surface area contributed by atoms with E-state index >= 15 is 0 Å². The van der Waals surface area contributed by atoms with Crippen LogP contribution in [0, 0.1) is 11.8 Å². The predicted molar refractivity (Wildman–Crippen MR) is 82.5 cm³/mol. The van der Waals surface area contributed by atoms with Crippen molar-refractivity contribution in [3.63, 3.8) is 0 Å². The second kappa shape index (κ2) is 8.47. The van der Waals surface area contributed by atoms with E-state index in [1.54, 1.807) is 13.0 Å². The lowest BCUT2D eigenvalue weighted by Gasteiger charge is -2.14. The molecule has 0 aliphatic carbocycles. The van der Waals surface area contributed by atoms with Crippen molar-refractivity contribution >= 4 is 11.6 Å². The zero-order chi connectivity index (χ0) is 15.0. The highest BCUT2D eigenvalue weighted by Crippen LogP contribution is 2.16. The van der Waals surface area contributed by atoms with Gasteiger partial charge in [0.15, 0.2) is 5.78 Å². The molecule has 2 unspecified atom stereocenters. The molecule has 108 valence electrons. The summed E-state index contributed by atoms with van der Waals surface area (Å²) in [4.78, 5) is 22.9. The third kappa shape index (κ3) is 6.46. The number of hydrogen-bond donors (Lipinski definition) is 0. The number of allylic oxidation sites excluding steroid dienone is 2. The SMILES string of the molecule is CC(=O)CC(C)C(C)C=CC(=O)CCc1ccccc1. The molecule has 20 heavy (non-hydrogen) atoms. The minimum atomic E-state index is 0.149. The van der Waals surface area contributed by atoms with Gasteiger partial charge in [-0.15, -0.1) is 0 Å². The number of carbonyl (C=O) groups excluding carboxylic acids is 2. The van der Waals surface area contributed by atoms with Crippen molar-refractivity contribution in [1.82, 2.24) is 0 Å². The van der Waals surface area contributed by atoms with Crippen LogP contribution < -0.4 is 0 Å². The van der Waals surface area contributed by atoms with Crippen LogP contribution in [0.15, 0.2) is 42.5 Å². The van der Waals surface area contributed by atoms with E-state index in [1.807, 2.05) is 43.3 Å². The highest BCUT2D eigenvalue weighted by Gasteiger charge is 2.11. The highest BCUT2D eigenvalue weighted by molar-refractivity contribution is 5.89. The maximum atomic E-state index is 11.8. The Balaban J connectivity index is 2.37. The summed E-state index contributed by atoms with van der Waals surface area (Å²) in [6.07, 6.45) is 5.49. The fourth-order valence-electron chi connectivity index (χ4n) is 2.08. The van der Waals surface area contributed by atoms with E-state index < -0.39 is 0 Å². The van der Waals surface area contributed by atoms with Crippen LogP contribution in [0.25, 0.3) is 0 Å². The standard InChI is InChI=1S/C18H24O2/c1-14(15(2)13-16(3)19)9-11-18(20)12-10-17-7-5-4-6-8-17/h4-9,11,14-15H,10,12-13H2,1-3H3. The molecule has 1 aromatic rings. The molecule has 0 radical (unpaired) electrons. The smallest absolute Gasteiger partial charge is 0.155 e. The molecule has 0 spiro atoms. The van der Waals surface area contributed by atoms with Crippen LogP contribution in [0.1, 0.15) is 39.2 Å².